The highest BCUT2D eigenvalue weighted by atomic mass is 16.6. The van der Waals surface area contributed by atoms with E-state index in [1.807, 2.05) is 20.8 Å². The number of aliphatic hydroxyl groups is 1. The van der Waals surface area contributed by atoms with Crippen molar-refractivity contribution in [3.05, 3.63) is 0 Å². The van der Waals surface area contributed by atoms with Gasteiger partial charge in [0.2, 0.25) is 0 Å². The van der Waals surface area contributed by atoms with Crippen LogP contribution in [-0.2, 0) is 9.53 Å². The fraction of sp³-hybridized carbons (Fsp3) is 0.933. The Kier molecular flexibility index (Phi) is 3.69. The summed E-state index contributed by atoms with van der Waals surface area (Å²) < 4.78 is 5.41. The van der Waals surface area contributed by atoms with Gasteiger partial charge in [-0.25, -0.2) is 0 Å². The number of hydrogen-bond donors (Lipinski definition) is 1. The van der Waals surface area contributed by atoms with Crippen LogP contribution < -0.4 is 0 Å². The second-order valence-corrected chi connectivity index (χ2v) is 7.32. The van der Waals surface area contributed by atoms with Crippen LogP contribution in [0.25, 0.3) is 0 Å². The molecule has 110 valence electrons. The SMILES string of the molecule is CC1CC(O)(C(C)C(=O)OC(C)(C)C)CN1C1CC1. The molecule has 1 aliphatic carbocycles. The summed E-state index contributed by atoms with van der Waals surface area (Å²) in [6.07, 6.45) is 3.10. The third kappa shape index (κ3) is 3.29. The van der Waals surface area contributed by atoms with Gasteiger partial charge in [-0.1, -0.05) is 0 Å². The third-order valence-corrected chi connectivity index (χ3v) is 4.25. The molecule has 0 aromatic rings. The topological polar surface area (TPSA) is 49.8 Å². The molecule has 4 heteroatoms. The zero-order valence-corrected chi connectivity index (χ0v) is 12.8. The molecule has 0 amide bonds. The number of ether oxygens (including phenoxy) is 1. The van der Waals surface area contributed by atoms with Crippen molar-refractivity contribution >= 4 is 5.97 Å². The first-order valence-corrected chi connectivity index (χ1v) is 7.33. The summed E-state index contributed by atoms with van der Waals surface area (Å²) in [6.45, 7) is 10.1. The number of β-amino-alcohol motifs (C(OH)–C–C–N with tert-alkyl or cyclic N) is 1. The van der Waals surface area contributed by atoms with E-state index < -0.39 is 17.1 Å². The van der Waals surface area contributed by atoms with Crippen molar-refractivity contribution in [2.75, 3.05) is 6.54 Å². The summed E-state index contributed by atoms with van der Waals surface area (Å²) in [4.78, 5) is 14.5. The number of esters is 1. The zero-order valence-electron chi connectivity index (χ0n) is 12.8. The smallest absolute Gasteiger partial charge is 0.312 e. The predicted molar refractivity (Wildman–Crippen MR) is 73.8 cm³/mol. The standard InChI is InChI=1S/C15H27NO3/c1-10-8-15(18,9-16(10)12-6-7-12)11(2)13(17)19-14(3,4)5/h10-12,18H,6-9H2,1-5H3. The minimum Gasteiger partial charge on any atom is -0.460 e. The van der Waals surface area contributed by atoms with E-state index in [0.717, 1.165) is 0 Å². The second kappa shape index (κ2) is 4.74. The zero-order chi connectivity index (χ0) is 14.4. The number of rotatable bonds is 3. The van der Waals surface area contributed by atoms with Crippen LogP contribution in [-0.4, -0.2) is 45.8 Å². The Labute approximate surface area is 116 Å². The Hall–Kier alpha value is -0.610. The Morgan fingerprint density at radius 2 is 2.00 bits per heavy atom. The van der Waals surface area contributed by atoms with E-state index in [2.05, 4.69) is 11.8 Å². The number of carbonyl (C=O) groups is 1. The molecule has 1 heterocycles. The average molecular weight is 269 g/mol. The Morgan fingerprint density at radius 1 is 1.42 bits per heavy atom. The first-order chi connectivity index (χ1) is 8.62. The van der Waals surface area contributed by atoms with Gasteiger partial charge in [-0.15, -0.1) is 0 Å². The fourth-order valence-electron chi connectivity index (χ4n) is 2.98. The van der Waals surface area contributed by atoms with Crippen LogP contribution in [0.15, 0.2) is 0 Å². The van der Waals surface area contributed by atoms with Gasteiger partial charge in [0, 0.05) is 18.6 Å². The lowest BCUT2D eigenvalue weighted by Crippen LogP contribution is -2.45. The molecule has 1 aliphatic heterocycles. The molecular weight excluding hydrogens is 242 g/mol. The minimum atomic E-state index is -0.940. The van der Waals surface area contributed by atoms with Crippen molar-refractivity contribution in [3.8, 4) is 0 Å². The fourth-order valence-corrected chi connectivity index (χ4v) is 2.98. The molecule has 1 N–H and O–H groups in total. The van der Waals surface area contributed by atoms with Gasteiger partial charge in [-0.3, -0.25) is 9.69 Å². The molecule has 2 fully saturated rings. The van der Waals surface area contributed by atoms with E-state index in [4.69, 9.17) is 4.74 Å². The van der Waals surface area contributed by atoms with E-state index in [0.29, 0.717) is 25.0 Å². The highest BCUT2D eigenvalue weighted by Gasteiger charge is 2.51. The van der Waals surface area contributed by atoms with Crippen molar-refractivity contribution in [2.45, 2.75) is 77.2 Å². The van der Waals surface area contributed by atoms with E-state index >= 15 is 0 Å². The largest absolute Gasteiger partial charge is 0.460 e. The summed E-state index contributed by atoms with van der Waals surface area (Å²) in [5.74, 6) is -0.766. The second-order valence-electron chi connectivity index (χ2n) is 7.32. The molecule has 2 aliphatic rings. The molecular formula is C15H27NO3. The van der Waals surface area contributed by atoms with Crippen molar-refractivity contribution in [2.24, 2.45) is 5.92 Å². The molecule has 0 spiro atoms. The van der Waals surface area contributed by atoms with E-state index in [1.165, 1.54) is 12.8 Å². The van der Waals surface area contributed by atoms with Crippen LogP contribution in [0.4, 0.5) is 0 Å². The molecule has 0 bridgehead atoms. The van der Waals surface area contributed by atoms with Gasteiger partial charge in [0.25, 0.3) is 0 Å². The quantitative estimate of drug-likeness (QED) is 0.796. The maximum atomic E-state index is 12.1. The van der Waals surface area contributed by atoms with Gasteiger partial charge < -0.3 is 9.84 Å². The average Bonchev–Trinajstić information content (AvgIpc) is 3.02. The highest BCUT2D eigenvalue weighted by Crippen LogP contribution is 2.40. The predicted octanol–water partition coefficient (Wildman–Crippen LogP) is 1.95. The number of likely N-dealkylation sites (tertiary alicyclic amines) is 1. The van der Waals surface area contributed by atoms with Gasteiger partial charge in [0.1, 0.15) is 5.60 Å². The van der Waals surface area contributed by atoms with Crippen molar-refractivity contribution in [3.63, 3.8) is 0 Å². The molecule has 4 nitrogen and oxygen atoms in total. The molecule has 19 heavy (non-hydrogen) atoms. The molecule has 0 aromatic heterocycles. The van der Waals surface area contributed by atoms with Crippen LogP contribution in [0.3, 0.4) is 0 Å². The van der Waals surface area contributed by atoms with Crippen LogP contribution in [0.5, 0.6) is 0 Å². The maximum absolute atomic E-state index is 12.1. The van der Waals surface area contributed by atoms with Crippen LogP contribution >= 0.6 is 0 Å². The first kappa shape index (κ1) is 14.8. The summed E-state index contributed by atoms with van der Waals surface area (Å²) in [5, 5.41) is 10.8. The minimum absolute atomic E-state index is 0.292. The summed E-state index contributed by atoms with van der Waals surface area (Å²) >= 11 is 0. The third-order valence-electron chi connectivity index (χ3n) is 4.25. The maximum Gasteiger partial charge on any atom is 0.312 e. The molecule has 0 aromatic carbocycles. The van der Waals surface area contributed by atoms with Gasteiger partial charge in [0.05, 0.1) is 11.5 Å². The van der Waals surface area contributed by atoms with Gasteiger partial charge >= 0.3 is 5.97 Å². The number of carbonyl (C=O) groups excluding carboxylic acids is 1. The molecule has 1 saturated carbocycles. The summed E-state index contributed by atoms with van der Waals surface area (Å²) in [7, 11) is 0. The van der Waals surface area contributed by atoms with E-state index in [-0.39, 0.29) is 5.97 Å². The van der Waals surface area contributed by atoms with Gasteiger partial charge in [-0.05, 0) is 53.9 Å². The monoisotopic (exact) mass is 269 g/mol. The normalized spacial score (nSPS) is 34.3. The molecule has 0 radical (unpaired) electrons. The lowest BCUT2D eigenvalue weighted by molar-refractivity contribution is -0.168. The first-order valence-electron chi connectivity index (χ1n) is 7.33. The van der Waals surface area contributed by atoms with Crippen molar-refractivity contribution < 1.29 is 14.6 Å². The van der Waals surface area contributed by atoms with Gasteiger partial charge in [-0.2, -0.15) is 0 Å². The molecule has 3 atom stereocenters. The number of nitrogens with zero attached hydrogens (tertiary/aromatic N) is 1. The van der Waals surface area contributed by atoms with Crippen LogP contribution in [0.1, 0.15) is 53.9 Å². The van der Waals surface area contributed by atoms with Crippen molar-refractivity contribution in [1.29, 1.82) is 0 Å². The Morgan fingerprint density at radius 3 is 2.47 bits per heavy atom. The Bertz CT molecular complexity index is 359. The van der Waals surface area contributed by atoms with Crippen LogP contribution in [0, 0.1) is 5.92 Å². The summed E-state index contributed by atoms with van der Waals surface area (Å²) in [5.41, 5.74) is -1.44. The molecule has 3 unspecified atom stereocenters. The van der Waals surface area contributed by atoms with Crippen LogP contribution in [0.2, 0.25) is 0 Å². The van der Waals surface area contributed by atoms with Gasteiger partial charge in [0.15, 0.2) is 0 Å². The van der Waals surface area contributed by atoms with E-state index in [1.54, 1.807) is 6.92 Å². The van der Waals surface area contributed by atoms with E-state index in [9.17, 15) is 9.90 Å². The molecule has 2 rings (SSSR count). The van der Waals surface area contributed by atoms with Crippen molar-refractivity contribution in [1.82, 2.24) is 4.90 Å². The lowest BCUT2D eigenvalue weighted by atomic mass is 9.86. The number of hydrogen-bond acceptors (Lipinski definition) is 4. The Balaban J connectivity index is 2.01. The summed E-state index contributed by atoms with van der Waals surface area (Å²) in [6, 6.07) is 0.970. The lowest BCUT2D eigenvalue weighted by Gasteiger charge is -2.31. The molecule has 1 saturated heterocycles. The highest BCUT2D eigenvalue weighted by molar-refractivity contribution is 5.74.